The van der Waals surface area contributed by atoms with Crippen molar-refractivity contribution < 1.29 is 4.74 Å². The molecular formula is C17H16ClNO. The fourth-order valence-corrected chi connectivity index (χ4v) is 2.47. The van der Waals surface area contributed by atoms with E-state index >= 15 is 0 Å². The first-order chi connectivity index (χ1) is 9.88. The molecule has 0 N–H and O–H groups in total. The van der Waals surface area contributed by atoms with Crippen LogP contribution >= 0.6 is 11.6 Å². The Morgan fingerprint density at radius 3 is 2.70 bits per heavy atom. The largest absolute Gasteiger partial charge is 0.493 e. The van der Waals surface area contributed by atoms with E-state index in [1.165, 1.54) is 0 Å². The van der Waals surface area contributed by atoms with E-state index in [-0.39, 0.29) is 0 Å². The number of para-hydroxylation sites is 1. The molecular weight excluding hydrogens is 270 g/mol. The standard InChI is InChI=1S/C17H16ClNO/c18-10-3-4-11-20-17-9-5-8-16-14(17)12-13-6-1-2-7-15(13)19-16/h1-2,5-9,12H,3-4,10-11H2. The number of unbranched alkanes of at least 4 members (excludes halogenated alkanes) is 1. The van der Waals surface area contributed by atoms with Crippen LogP contribution in [0, 0.1) is 0 Å². The fourth-order valence-electron chi connectivity index (χ4n) is 2.28. The predicted octanol–water partition coefficient (Wildman–Crippen LogP) is 4.79. The number of ether oxygens (including phenoxy) is 1. The molecule has 0 spiro atoms. The Balaban J connectivity index is 1.97. The van der Waals surface area contributed by atoms with Crippen LogP contribution < -0.4 is 4.74 Å². The van der Waals surface area contributed by atoms with Gasteiger partial charge < -0.3 is 4.74 Å². The molecule has 0 fully saturated rings. The number of alkyl halides is 1. The van der Waals surface area contributed by atoms with E-state index < -0.39 is 0 Å². The molecule has 0 unspecified atom stereocenters. The first-order valence-electron chi connectivity index (χ1n) is 6.86. The van der Waals surface area contributed by atoms with Crippen molar-refractivity contribution in [1.82, 2.24) is 4.98 Å². The molecule has 0 aliphatic heterocycles. The summed E-state index contributed by atoms with van der Waals surface area (Å²) in [5, 5.41) is 2.20. The van der Waals surface area contributed by atoms with Crippen molar-refractivity contribution in [2.45, 2.75) is 12.8 Å². The predicted molar refractivity (Wildman–Crippen MR) is 84.7 cm³/mol. The second-order valence-electron chi connectivity index (χ2n) is 4.75. The average Bonchev–Trinajstić information content (AvgIpc) is 2.50. The maximum absolute atomic E-state index is 5.87. The number of pyridine rings is 1. The first kappa shape index (κ1) is 13.2. The van der Waals surface area contributed by atoms with Gasteiger partial charge in [0.05, 0.1) is 17.6 Å². The van der Waals surface area contributed by atoms with Crippen LogP contribution in [-0.4, -0.2) is 17.5 Å². The molecule has 102 valence electrons. The monoisotopic (exact) mass is 285 g/mol. The summed E-state index contributed by atoms with van der Waals surface area (Å²) in [4.78, 5) is 4.68. The SMILES string of the molecule is ClCCCCOc1cccc2nc3ccccc3cc12. The van der Waals surface area contributed by atoms with Gasteiger partial charge in [0.2, 0.25) is 0 Å². The van der Waals surface area contributed by atoms with Gasteiger partial charge in [-0.15, -0.1) is 11.6 Å². The van der Waals surface area contributed by atoms with E-state index in [1.807, 2.05) is 36.4 Å². The second kappa shape index (κ2) is 6.10. The van der Waals surface area contributed by atoms with Gasteiger partial charge in [0.15, 0.2) is 0 Å². The van der Waals surface area contributed by atoms with Crippen LogP contribution in [0.15, 0.2) is 48.5 Å². The van der Waals surface area contributed by atoms with Crippen molar-refractivity contribution in [3.8, 4) is 5.75 Å². The van der Waals surface area contributed by atoms with Gasteiger partial charge in [-0.1, -0.05) is 24.3 Å². The maximum Gasteiger partial charge on any atom is 0.128 e. The van der Waals surface area contributed by atoms with Gasteiger partial charge in [0, 0.05) is 16.7 Å². The number of hydrogen-bond acceptors (Lipinski definition) is 2. The topological polar surface area (TPSA) is 22.1 Å². The molecule has 0 atom stereocenters. The number of aromatic nitrogens is 1. The molecule has 0 radical (unpaired) electrons. The lowest BCUT2D eigenvalue weighted by Gasteiger charge is -2.09. The lowest BCUT2D eigenvalue weighted by atomic mass is 10.1. The maximum atomic E-state index is 5.87. The van der Waals surface area contributed by atoms with Gasteiger partial charge in [-0.05, 0) is 37.1 Å². The first-order valence-corrected chi connectivity index (χ1v) is 7.39. The van der Waals surface area contributed by atoms with Crippen molar-refractivity contribution in [2.75, 3.05) is 12.5 Å². The highest BCUT2D eigenvalue weighted by atomic mass is 35.5. The molecule has 0 bridgehead atoms. The Kier molecular flexibility index (Phi) is 4.03. The summed E-state index contributed by atoms with van der Waals surface area (Å²) < 4.78 is 5.87. The average molecular weight is 286 g/mol. The molecule has 1 heterocycles. The van der Waals surface area contributed by atoms with Crippen LogP contribution in [0.4, 0.5) is 0 Å². The summed E-state index contributed by atoms with van der Waals surface area (Å²) >= 11 is 5.68. The van der Waals surface area contributed by atoms with Crippen molar-refractivity contribution in [1.29, 1.82) is 0 Å². The highest BCUT2D eigenvalue weighted by molar-refractivity contribution is 6.17. The van der Waals surface area contributed by atoms with Crippen LogP contribution in [-0.2, 0) is 0 Å². The summed E-state index contributed by atoms with van der Waals surface area (Å²) in [5.41, 5.74) is 1.98. The van der Waals surface area contributed by atoms with Gasteiger partial charge in [0.1, 0.15) is 5.75 Å². The normalized spacial score (nSPS) is 11.1. The number of fused-ring (bicyclic) bond motifs is 2. The van der Waals surface area contributed by atoms with Crippen LogP contribution in [0.3, 0.4) is 0 Å². The molecule has 3 rings (SSSR count). The van der Waals surface area contributed by atoms with Crippen LogP contribution in [0.1, 0.15) is 12.8 Å². The third-order valence-corrected chi connectivity index (χ3v) is 3.57. The number of rotatable bonds is 5. The zero-order valence-corrected chi connectivity index (χ0v) is 11.9. The number of halogens is 1. The molecule has 0 saturated carbocycles. The Morgan fingerprint density at radius 2 is 1.80 bits per heavy atom. The van der Waals surface area contributed by atoms with Gasteiger partial charge in [-0.2, -0.15) is 0 Å². The van der Waals surface area contributed by atoms with Crippen molar-refractivity contribution in [3.05, 3.63) is 48.5 Å². The van der Waals surface area contributed by atoms with Crippen molar-refractivity contribution >= 4 is 33.4 Å². The molecule has 1 aromatic heterocycles. The molecule has 3 heteroatoms. The fraction of sp³-hybridized carbons (Fsp3) is 0.235. The summed E-state index contributed by atoms with van der Waals surface area (Å²) in [6, 6.07) is 16.3. The van der Waals surface area contributed by atoms with Crippen LogP contribution in [0.2, 0.25) is 0 Å². The minimum Gasteiger partial charge on any atom is -0.493 e. The Bertz CT molecular complexity index is 726. The molecule has 2 aromatic carbocycles. The van der Waals surface area contributed by atoms with E-state index in [0.717, 1.165) is 40.4 Å². The van der Waals surface area contributed by atoms with Crippen molar-refractivity contribution in [3.63, 3.8) is 0 Å². The Hall–Kier alpha value is -1.80. The third-order valence-electron chi connectivity index (χ3n) is 3.31. The highest BCUT2D eigenvalue weighted by Crippen LogP contribution is 2.27. The van der Waals surface area contributed by atoms with E-state index in [4.69, 9.17) is 16.3 Å². The zero-order valence-electron chi connectivity index (χ0n) is 11.2. The van der Waals surface area contributed by atoms with E-state index in [0.29, 0.717) is 12.5 Å². The molecule has 0 saturated heterocycles. The summed E-state index contributed by atoms with van der Waals surface area (Å²) in [7, 11) is 0. The highest BCUT2D eigenvalue weighted by Gasteiger charge is 2.05. The molecule has 0 amide bonds. The van der Waals surface area contributed by atoms with Gasteiger partial charge >= 0.3 is 0 Å². The number of hydrogen-bond donors (Lipinski definition) is 0. The second-order valence-corrected chi connectivity index (χ2v) is 5.13. The summed E-state index contributed by atoms with van der Waals surface area (Å²) in [6.45, 7) is 0.693. The van der Waals surface area contributed by atoms with Crippen LogP contribution in [0.25, 0.3) is 21.8 Å². The number of nitrogens with zero attached hydrogens (tertiary/aromatic N) is 1. The molecule has 0 aliphatic rings. The third kappa shape index (κ3) is 2.70. The zero-order chi connectivity index (χ0) is 13.8. The van der Waals surface area contributed by atoms with Gasteiger partial charge in [0.25, 0.3) is 0 Å². The summed E-state index contributed by atoms with van der Waals surface area (Å²) in [6.07, 6.45) is 1.95. The molecule has 20 heavy (non-hydrogen) atoms. The minimum absolute atomic E-state index is 0.686. The number of benzene rings is 2. The molecule has 2 nitrogen and oxygen atoms in total. The smallest absolute Gasteiger partial charge is 0.128 e. The molecule has 3 aromatic rings. The van der Waals surface area contributed by atoms with E-state index in [9.17, 15) is 0 Å². The van der Waals surface area contributed by atoms with E-state index in [1.54, 1.807) is 0 Å². The summed E-state index contributed by atoms with van der Waals surface area (Å²) in [5.74, 6) is 1.58. The molecule has 0 aliphatic carbocycles. The lowest BCUT2D eigenvalue weighted by molar-refractivity contribution is 0.313. The minimum atomic E-state index is 0.686. The lowest BCUT2D eigenvalue weighted by Crippen LogP contribution is -1.98. The van der Waals surface area contributed by atoms with Crippen molar-refractivity contribution in [2.24, 2.45) is 0 Å². The van der Waals surface area contributed by atoms with E-state index in [2.05, 4.69) is 17.1 Å². The Labute approximate surface area is 123 Å². The van der Waals surface area contributed by atoms with Crippen LogP contribution in [0.5, 0.6) is 5.75 Å². The van der Waals surface area contributed by atoms with Gasteiger partial charge in [-0.3, -0.25) is 0 Å². The quantitative estimate of drug-likeness (QED) is 0.382. The van der Waals surface area contributed by atoms with Gasteiger partial charge in [-0.25, -0.2) is 4.98 Å². The Morgan fingerprint density at radius 1 is 0.950 bits per heavy atom.